The van der Waals surface area contributed by atoms with Gasteiger partial charge in [0.05, 0.1) is 28.8 Å². The van der Waals surface area contributed by atoms with E-state index in [1.165, 1.54) is 4.70 Å². The first-order valence-corrected chi connectivity index (χ1v) is 9.26. The Balaban J connectivity index is 1.60. The van der Waals surface area contributed by atoms with Gasteiger partial charge in [0.15, 0.2) is 0 Å². The molecule has 2 aromatic carbocycles. The van der Waals surface area contributed by atoms with E-state index in [-0.39, 0.29) is 18.0 Å². The number of hydrogen-bond acceptors (Lipinski definition) is 4. The molecule has 5 heteroatoms. The molecule has 1 amide bonds. The molecule has 130 valence electrons. The maximum absolute atomic E-state index is 12.4. The third kappa shape index (κ3) is 4.24. The highest BCUT2D eigenvalue weighted by molar-refractivity contribution is 7.18. The van der Waals surface area contributed by atoms with E-state index in [0.29, 0.717) is 6.54 Å². The summed E-state index contributed by atoms with van der Waals surface area (Å²) in [4.78, 5) is 19.1. The first-order chi connectivity index (χ1) is 12.0. The van der Waals surface area contributed by atoms with Crippen LogP contribution in [0.15, 0.2) is 54.6 Å². The standard InChI is InChI=1S/C20H23N3OS/c1-14(16-9-5-4-6-10-16)21-19(24)13-23(3)15(2)20-22-17-11-7-8-12-18(17)25-20/h4-12,14-15H,13H2,1-3H3,(H,21,24)/t14-,15+/m1/s1. The van der Waals surface area contributed by atoms with Gasteiger partial charge in [-0.1, -0.05) is 42.5 Å². The number of rotatable bonds is 6. The number of carbonyl (C=O) groups is 1. The zero-order valence-corrected chi connectivity index (χ0v) is 15.6. The maximum atomic E-state index is 12.4. The molecule has 1 aromatic heterocycles. The lowest BCUT2D eigenvalue weighted by Crippen LogP contribution is -2.37. The summed E-state index contributed by atoms with van der Waals surface area (Å²) in [5, 5.41) is 4.10. The lowest BCUT2D eigenvalue weighted by molar-refractivity contribution is -0.123. The molecule has 0 aliphatic heterocycles. The van der Waals surface area contributed by atoms with Crippen molar-refractivity contribution in [1.82, 2.24) is 15.2 Å². The summed E-state index contributed by atoms with van der Waals surface area (Å²) in [6.07, 6.45) is 0. The highest BCUT2D eigenvalue weighted by Crippen LogP contribution is 2.28. The molecule has 1 N–H and O–H groups in total. The summed E-state index contributed by atoms with van der Waals surface area (Å²) in [6.45, 7) is 4.43. The smallest absolute Gasteiger partial charge is 0.234 e. The van der Waals surface area contributed by atoms with E-state index < -0.39 is 0 Å². The van der Waals surface area contributed by atoms with Gasteiger partial charge in [0.25, 0.3) is 0 Å². The largest absolute Gasteiger partial charge is 0.348 e. The Bertz CT molecular complexity index is 813. The molecule has 0 aliphatic rings. The second-order valence-electron chi connectivity index (χ2n) is 6.31. The summed E-state index contributed by atoms with van der Waals surface area (Å²) >= 11 is 1.69. The summed E-state index contributed by atoms with van der Waals surface area (Å²) in [5.41, 5.74) is 2.13. The lowest BCUT2D eigenvalue weighted by Gasteiger charge is -2.23. The number of nitrogens with one attached hydrogen (secondary N) is 1. The SMILES string of the molecule is C[C@@H](NC(=O)CN(C)[C@@H](C)c1nc2ccccc2s1)c1ccccc1. The zero-order valence-electron chi connectivity index (χ0n) is 14.8. The fourth-order valence-electron chi connectivity index (χ4n) is 2.73. The van der Waals surface area contributed by atoms with Crippen LogP contribution in [-0.4, -0.2) is 29.4 Å². The fourth-order valence-corrected chi connectivity index (χ4v) is 3.82. The van der Waals surface area contributed by atoms with Gasteiger partial charge in [-0.2, -0.15) is 0 Å². The number of fused-ring (bicyclic) bond motifs is 1. The van der Waals surface area contributed by atoms with Crippen LogP contribution in [0.4, 0.5) is 0 Å². The van der Waals surface area contributed by atoms with Gasteiger partial charge < -0.3 is 5.32 Å². The first-order valence-electron chi connectivity index (χ1n) is 8.44. The third-order valence-electron chi connectivity index (χ3n) is 4.40. The summed E-state index contributed by atoms with van der Waals surface area (Å²) in [6, 6.07) is 18.2. The molecule has 0 spiro atoms. The maximum Gasteiger partial charge on any atom is 0.234 e. The van der Waals surface area contributed by atoms with Gasteiger partial charge in [-0.05, 0) is 38.6 Å². The fraction of sp³-hybridized carbons (Fsp3) is 0.300. The molecule has 2 atom stereocenters. The normalized spacial score (nSPS) is 13.8. The van der Waals surface area contributed by atoms with Gasteiger partial charge in [-0.25, -0.2) is 4.98 Å². The van der Waals surface area contributed by atoms with Crippen molar-refractivity contribution in [1.29, 1.82) is 0 Å². The van der Waals surface area contributed by atoms with Gasteiger partial charge in [-0.3, -0.25) is 9.69 Å². The van der Waals surface area contributed by atoms with Crippen molar-refractivity contribution >= 4 is 27.5 Å². The van der Waals surface area contributed by atoms with Gasteiger partial charge in [0.2, 0.25) is 5.91 Å². The number of thiazole rings is 1. The summed E-state index contributed by atoms with van der Waals surface area (Å²) in [5.74, 6) is 0.0202. The number of likely N-dealkylation sites (N-methyl/N-ethyl adjacent to an activating group) is 1. The van der Waals surface area contributed by atoms with Crippen molar-refractivity contribution in [3.05, 3.63) is 65.2 Å². The minimum atomic E-state index is -0.000132. The van der Waals surface area contributed by atoms with E-state index in [4.69, 9.17) is 4.98 Å². The summed E-state index contributed by atoms with van der Waals surface area (Å²) < 4.78 is 1.18. The lowest BCUT2D eigenvalue weighted by atomic mass is 10.1. The van der Waals surface area contributed by atoms with E-state index >= 15 is 0 Å². The van der Waals surface area contributed by atoms with Crippen LogP contribution in [0.25, 0.3) is 10.2 Å². The zero-order chi connectivity index (χ0) is 17.8. The predicted molar refractivity (Wildman–Crippen MR) is 104 cm³/mol. The minimum Gasteiger partial charge on any atom is -0.348 e. The van der Waals surface area contributed by atoms with Gasteiger partial charge in [-0.15, -0.1) is 11.3 Å². The Kier molecular flexibility index (Phi) is 5.46. The number of benzene rings is 2. The number of carbonyl (C=O) groups excluding carboxylic acids is 1. The molecule has 1 heterocycles. The van der Waals surface area contributed by atoms with Crippen molar-refractivity contribution in [2.24, 2.45) is 0 Å². The van der Waals surface area contributed by atoms with Crippen LogP contribution < -0.4 is 5.32 Å². The van der Waals surface area contributed by atoms with Gasteiger partial charge in [0, 0.05) is 0 Å². The number of amides is 1. The Morgan fingerprint density at radius 1 is 1.12 bits per heavy atom. The molecule has 3 rings (SSSR count). The molecule has 0 unspecified atom stereocenters. The monoisotopic (exact) mass is 353 g/mol. The van der Waals surface area contributed by atoms with E-state index in [2.05, 4.69) is 18.3 Å². The Labute approximate surface area is 152 Å². The number of hydrogen-bond donors (Lipinski definition) is 1. The van der Waals surface area contributed by atoms with E-state index in [0.717, 1.165) is 16.1 Å². The van der Waals surface area contributed by atoms with Crippen molar-refractivity contribution < 1.29 is 4.79 Å². The average molecular weight is 353 g/mol. The molecule has 0 fully saturated rings. The average Bonchev–Trinajstić information content (AvgIpc) is 3.05. The minimum absolute atomic E-state index is 0.000132. The highest BCUT2D eigenvalue weighted by Gasteiger charge is 2.19. The van der Waals surface area contributed by atoms with Crippen LogP contribution in [0.2, 0.25) is 0 Å². The Morgan fingerprint density at radius 2 is 1.80 bits per heavy atom. The van der Waals surface area contributed by atoms with Crippen LogP contribution in [0.3, 0.4) is 0 Å². The number of aromatic nitrogens is 1. The summed E-state index contributed by atoms with van der Waals surface area (Å²) in [7, 11) is 1.96. The van der Waals surface area contributed by atoms with Gasteiger partial charge in [0.1, 0.15) is 5.01 Å². The van der Waals surface area contributed by atoms with E-state index in [1.807, 2.05) is 67.4 Å². The van der Waals surface area contributed by atoms with Gasteiger partial charge >= 0.3 is 0 Å². The van der Waals surface area contributed by atoms with E-state index in [1.54, 1.807) is 11.3 Å². The Hall–Kier alpha value is -2.24. The highest BCUT2D eigenvalue weighted by atomic mass is 32.1. The van der Waals surface area contributed by atoms with Crippen LogP contribution in [0.1, 0.15) is 36.5 Å². The first kappa shape index (κ1) is 17.6. The predicted octanol–water partition coefficient (Wildman–Crippen LogP) is 4.17. The van der Waals surface area contributed by atoms with Crippen molar-refractivity contribution in [2.45, 2.75) is 25.9 Å². The molecule has 0 bridgehead atoms. The van der Waals surface area contributed by atoms with Crippen LogP contribution in [-0.2, 0) is 4.79 Å². The van der Waals surface area contributed by atoms with Crippen LogP contribution in [0.5, 0.6) is 0 Å². The molecular formula is C20H23N3OS. The topological polar surface area (TPSA) is 45.2 Å². The molecule has 4 nitrogen and oxygen atoms in total. The second-order valence-corrected chi connectivity index (χ2v) is 7.37. The van der Waals surface area contributed by atoms with E-state index in [9.17, 15) is 4.79 Å². The molecule has 0 aliphatic carbocycles. The molecule has 0 saturated heterocycles. The molecule has 3 aromatic rings. The number of para-hydroxylation sites is 1. The van der Waals surface area contributed by atoms with Crippen molar-refractivity contribution in [3.63, 3.8) is 0 Å². The molecule has 0 radical (unpaired) electrons. The van der Waals surface area contributed by atoms with Crippen molar-refractivity contribution in [3.8, 4) is 0 Å². The molecule has 0 saturated carbocycles. The molecular weight excluding hydrogens is 330 g/mol. The quantitative estimate of drug-likeness (QED) is 0.723. The van der Waals surface area contributed by atoms with Crippen LogP contribution >= 0.6 is 11.3 Å². The second kappa shape index (κ2) is 7.76. The van der Waals surface area contributed by atoms with Crippen molar-refractivity contribution in [2.75, 3.05) is 13.6 Å². The Morgan fingerprint density at radius 3 is 2.52 bits per heavy atom. The third-order valence-corrected chi connectivity index (χ3v) is 5.61. The van der Waals surface area contributed by atoms with Crippen LogP contribution in [0, 0.1) is 0 Å². The number of nitrogens with zero attached hydrogens (tertiary/aromatic N) is 2. The molecule has 25 heavy (non-hydrogen) atoms.